The van der Waals surface area contributed by atoms with E-state index in [2.05, 4.69) is 13.8 Å². The largest absolute Gasteiger partial charge is 0.501 e. The van der Waals surface area contributed by atoms with Crippen LogP contribution in [0.5, 0.6) is 0 Å². The van der Waals surface area contributed by atoms with Crippen molar-refractivity contribution < 1.29 is 9.47 Å². The predicted octanol–water partition coefficient (Wildman–Crippen LogP) is 6.36. The lowest BCUT2D eigenvalue weighted by molar-refractivity contribution is 0.202. The van der Waals surface area contributed by atoms with Gasteiger partial charge in [0, 0.05) is 12.4 Å². The van der Waals surface area contributed by atoms with Gasteiger partial charge in [-0.1, -0.05) is 38.8 Å². The van der Waals surface area contributed by atoms with Crippen LogP contribution in [0.15, 0.2) is 48.0 Å². The van der Waals surface area contributed by atoms with Crippen molar-refractivity contribution in [3.63, 3.8) is 0 Å². The highest BCUT2D eigenvalue weighted by molar-refractivity contribution is 5.68. The third-order valence-electron chi connectivity index (χ3n) is 3.69. The fraction of sp³-hybridized carbons (Fsp3) is 0.545. The molecule has 0 aromatic carbocycles. The Morgan fingerprint density at radius 3 is 1.46 bits per heavy atom. The second-order valence-corrected chi connectivity index (χ2v) is 6.09. The van der Waals surface area contributed by atoms with Crippen LogP contribution in [-0.2, 0) is 9.47 Å². The maximum absolute atomic E-state index is 7.07. The first-order chi connectivity index (χ1) is 12.8. The molecule has 0 atom stereocenters. The van der Waals surface area contributed by atoms with Gasteiger partial charge in [-0.25, -0.2) is 0 Å². The molecule has 0 aromatic heterocycles. The predicted molar refractivity (Wildman–Crippen MR) is 112 cm³/mol. The van der Waals surface area contributed by atoms with E-state index in [1.54, 1.807) is 12.2 Å². The summed E-state index contributed by atoms with van der Waals surface area (Å²) in [6.45, 7) is 5.69. The zero-order valence-corrected chi connectivity index (χ0v) is 16.5. The Kier molecular flexibility index (Phi) is 17.7. The van der Waals surface area contributed by atoms with E-state index in [1.807, 2.05) is 24.7 Å². The summed E-state index contributed by atoms with van der Waals surface area (Å²) >= 11 is 0. The highest BCUT2D eigenvalue weighted by atomic mass is 16.5. The Bertz CT molecular complexity index is 433. The van der Waals surface area contributed by atoms with Crippen LogP contribution in [0.25, 0.3) is 0 Å². The smallest absolute Gasteiger partial charge is 0.0874 e. The van der Waals surface area contributed by atoms with E-state index in [0.29, 0.717) is 13.2 Å². The van der Waals surface area contributed by atoms with Crippen LogP contribution in [0.3, 0.4) is 0 Å². The van der Waals surface area contributed by atoms with Gasteiger partial charge in [-0.05, 0) is 61.8 Å². The molecule has 0 saturated heterocycles. The minimum Gasteiger partial charge on any atom is -0.501 e. The van der Waals surface area contributed by atoms with Gasteiger partial charge in [-0.3, -0.25) is 0 Å². The highest BCUT2D eigenvalue weighted by Gasteiger charge is 1.95. The van der Waals surface area contributed by atoms with Crippen molar-refractivity contribution in [2.24, 2.45) is 0 Å². The molecule has 0 aliphatic heterocycles. The molecule has 2 N–H and O–H groups in total. The van der Waals surface area contributed by atoms with E-state index >= 15 is 0 Å². The van der Waals surface area contributed by atoms with Crippen LogP contribution in [0.2, 0.25) is 0 Å². The summed E-state index contributed by atoms with van der Waals surface area (Å²) in [6.07, 6.45) is 22.0. The van der Waals surface area contributed by atoms with Crippen molar-refractivity contribution in [2.75, 3.05) is 13.2 Å². The standard InChI is InChI=1S/C22H36N2O2/c1-3-5-11-21(13-9-15-23)19-25-17-7-8-18-26-20-22(12-6-4-2)14-10-16-24/h9-10,13-16,19-20,23-24H,3-8,11-12,17-18H2,1-2H3/b13-9-,14-10-,21-19-,22-20-,23-15?,24-16?. The molecule has 0 aromatic rings. The van der Waals surface area contributed by atoms with Crippen LogP contribution < -0.4 is 0 Å². The molecule has 4 nitrogen and oxygen atoms in total. The van der Waals surface area contributed by atoms with Crippen LogP contribution in [0, 0.1) is 10.8 Å². The normalized spacial score (nSPS) is 12.7. The Hall–Kier alpha value is -2.10. The van der Waals surface area contributed by atoms with Crippen molar-refractivity contribution in [1.82, 2.24) is 0 Å². The second-order valence-electron chi connectivity index (χ2n) is 6.09. The monoisotopic (exact) mass is 360 g/mol. The molecule has 0 unspecified atom stereocenters. The molecule has 0 fully saturated rings. The van der Waals surface area contributed by atoms with Gasteiger partial charge in [0.05, 0.1) is 25.7 Å². The molecule has 0 rings (SSSR count). The first-order valence-electron chi connectivity index (χ1n) is 9.74. The molecule has 26 heavy (non-hydrogen) atoms. The average Bonchev–Trinajstić information content (AvgIpc) is 2.66. The number of allylic oxidation sites excluding steroid dienone is 6. The average molecular weight is 361 g/mol. The molecular formula is C22H36N2O2. The maximum atomic E-state index is 7.07. The van der Waals surface area contributed by atoms with Gasteiger partial charge in [0.1, 0.15) is 0 Å². The summed E-state index contributed by atoms with van der Waals surface area (Å²) in [5.74, 6) is 0. The molecule has 0 spiro atoms. The van der Waals surface area contributed by atoms with Gasteiger partial charge in [0.2, 0.25) is 0 Å². The Morgan fingerprint density at radius 1 is 0.692 bits per heavy atom. The van der Waals surface area contributed by atoms with Crippen molar-refractivity contribution in [3.05, 3.63) is 48.0 Å². The van der Waals surface area contributed by atoms with Crippen molar-refractivity contribution in [1.29, 1.82) is 10.8 Å². The summed E-state index contributed by atoms with van der Waals surface area (Å²) < 4.78 is 11.3. The van der Waals surface area contributed by atoms with E-state index in [-0.39, 0.29) is 0 Å². The van der Waals surface area contributed by atoms with Crippen LogP contribution in [0.1, 0.15) is 65.2 Å². The summed E-state index contributed by atoms with van der Waals surface area (Å²) in [5.41, 5.74) is 2.26. The number of nitrogens with one attached hydrogen (secondary N) is 2. The minimum absolute atomic E-state index is 0.678. The number of hydrogen-bond acceptors (Lipinski definition) is 4. The number of rotatable bonds is 17. The lowest BCUT2D eigenvalue weighted by Crippen LogP contribution is -1.95. The molecule has 0 heterocycles. The Morgan fingerprint density at radius 2 is 1.12 bits per heavy atom. The van der Waals surface area contributed by atoms with Crippen LogP contribution >= 0.6 is 0 Å². The van der Waals surface area contributed by atoms with Gasteiger partial charge >= 0.3 is 0 Å². The molecule has 146 valence electrons. The third kappa shape index (κ3) is 15.4. The van der Waals surface area contributed by atoms with Crippen molar-refractivity contribution >= 4 is 12.4 Å². The second kappa shape index (κ2) is 19.2. The minimum atomic E-state index is 0.678. The SMILES string of the molecule is CCCCC(/C=C\C=N)=C/OCCCCO/C=C(\C=C/C=N)CCCC. The number of hydrogen-bond donors (Lipinski definition) is 2. The molecule has 0 aliphatic carbocycles. The first kappa shape index (κ1) is 23.9. The Balaban J connectivity index is 4.04. The molecule has 0 bridgehead atoms. The fourth-order valence-corrected chi connectivity index (χ4v) is 2.17. The zero-order valence-electron chi connectivity index (χ0n) is 16.5. The maximum Gasteiger partial charge on any atom is 0.0874 e. The van der Waals surface area contributed by atoms with E-state index in [0.717, 1.165) is 62.5 Å². The number of ether oxygens (including phenoxy) is 2. The van der Waals surface area contributed by atoms with E-state index in [4.69, 9.17) is 20.3 Å². The Labute approximate surface area is 159 Å². The van der Waals surface area contributed by atoms with Crippen molar-refractivity contribution in [3.8, 4) is 0 Å². The van der Waals surface area contributed by atoms with E-state index in [1.165, 1.54) is 12.4 Å². The molecule has 0 aliphatic rings. The fourth-order valence-electron chi connectivity index (χ4n) is 2.17. The first-order valence-corrected chi connectivity index (χ1v) is 9.74. The lowest BCUT2D eigenvalue weighted by atomic mass is 10.1. The summed E-state index contributed by atoms with van der Waals surface area (Å²) in [7, 11) is 0. The van der Waals surface area contributed by atoms with Gasteiger partial charge in [-0.15, -0.1) is 0 Å². The molecule has 0 amide bonds. The van der Waals surface area contributed by atoms with Gasteiger partial charge in [0.25, 0.3) is 0 Å². The van der Waals surface area contributed by atoms with Gasteiger partial charge in [-0.2, -0.15) is 0 Å². The summed E-state index contributed by atoms with van der Waals surface area (Å²) in [6, 6.07) is 0. The topological polar surface area (TPSA) is 66.2 Å². The molecular weight excluding hydrogens is 324 g/mol. The highest BCUT2D eigenvalue weighted by Crippen LogP contribution is 2.10. The third-order valence-corrected chi connectivity index (χ3v) is 3.69. The quantitative estimate of drug-likeness (QED) is 0.137. The van der Waals surface area contributed by atoms with Crippen LogP contribution in [-0.4, -0.2) is 25.6 Å². The van der Waals surface area contributed by atoms with E-state index < -0.39 is 0 Å². The molecule has 4 heteroatoms. The van der Waals surface area contributed by atoms with Crippen LogP contribution in [0.4, 0.5) is 0 Å². The molecule has 0 radical (unpaired) electrons. The molecule has 0 saturated carbocycles. The van der Waals surface area contributed by atoms with Gasteiger partial charge < -0.3 is 20.3 Å². The zero-order chi connectivity index (χ0) is 19.3. The summed E-state index contributed by atoms with van der Waals surface area (Å²) in [5, 5.41) is 14.1. The van der Waals surface area contributed by atoms with Gasteiger partial charge in [0.15, 0.2) is 0 Å². The van der Waals surface area contributed by atoms with Crippen molar-refractivity contribution in [2.45, 2.75) is 65.2 Å². The van der Waals surface area contributed by atoms with E-state index in [9.17, 15) is 0 Å². The lowest BCUT2D eigenvalue weighted by Gasteiger charge is -2.06. The number of unbranched alkanes of at least 4 members (excludes halogenated alkanes) is 3. The summed E-state index contributed by atoms with van der Waals surface area (Å²) in [4.78, 5) is 0.